The lowest BCUT2D eigenvalue weighted by Gasteiger charge is -2.32. The Kier molecular flexibility index (Phi) is 5.80. The molecule has 5 nitrogen and oxygen atoms in total. The number of hydrogen-bond acceptors (Lipinski definition) is 4. The van der Waals surface area contributed by atoms with Crippen LogP contribution in [0, 0.1) is 5.92 Å². The smallest absolute Gasteiger partial charge is 0.247 e. The maximum absolute atomic E-state index is 12.5. The Hall–Kier alpha value is -2.95. The van der Waals surface area contributed by atoms with Gasteiger partial charge in [-0.15, -0.1) is 10.2 Å². The number of amides is 1. The molecule has 0 atom stereocenters. The van der Waals surface area contributed by atoms with Crippen LogP contribution in [0.5, 0.6) is 0 Å². The van der Waals surface area contributed by atoms with Gasteiger partial charge in [0.2, 0.25) is 17.7 Å². The minimum Gasteiger partial charge on any atom is -0.421 e. The zero-order chi connectivity index (χ0) is 19.2. The SMILES string of the molecule is O=C(CCc1nnc(-c2ccccc2)o1)N1CCC(Cc2ccccc2)CC1. The first-order valence-electron chi connectivity index (χ1n) is 9.97. The number of rotatable bonds is 6. The monoisotopic (exact) mass is 375 g/mol. The first kappa shape index (κ1) is 18.4. The van der Waals surface area contributed by atoms with Gasteiger partial charge in [0.05, 0.1) is 0 Å². The van der Waals surface area contributed by atoms with Crippen molar-refractivity contribution in [1.29, 1.82) is 0 Å². The van der Waals surface area contributed by atoms with Crippen LogP contribution in [0.15, 0.2) is 65.1 Å². The van der Waals surface area contributed by atoms with Crippen LogP contribution in [0.25, 0.3) is 11.5 Å². The van der Waals surface area contributed by atoms with Crippen molar-refractivity contribution < 1.29 is 9.21 Å². The van der Waals surface area contributed by atoms with Gasteiger partial charge in [0.1, 0.15) is 0 Å². The van der Waals surface area contributed by atoms with Gasteiger partial charge in [-0.2, -0.15) is 0 Å². The predicted molar refractivity (Wildman–Crippen MR) is 108 cm³/mol. The number of carbonyl (C=O) groups excluding carboxylic acids is 1. The Bertz CT molecular complexity index is 884. The van der Waals surface area contributed by atoms with Gasteiger partial charge in [-0.3, -0.25) is 4.79 Å². The molecule has 28 heavy (non-hydrogen) atoms. The lowest BCUT2D eigenvalue weighted by molar-refractivity contribution is -0.132. The number of likely N-dealkylation sites (tertiary alicyclic amines) is 1. The topological polar surface area (TPSA) is 59.2 Å². The largest absolute Gasteiger partial charge is 0.421 e. The molecule has 0 aliphatic carbocycles. The molecule has 144 valence electrons. The first-order valence-corrected chi connectivity index (χ1v) is 9.97. The second-order valence-corrected chi connectivity index (χ2v) is 7.38. The molecule has 0 radical (unpaired) electrons. The van der Waals surface area contributed by atoms with E-state index in [0.717, 1.165) is 37.9 Å². The highest BCUT2D eigenvalue weighted by Crippen LogP contribution is 2.23. The quantitative estimate of drug-likeness (QED) is 0.649. The van der Waals surface area contributed by atoms with Gasteiger partial charge in [0.15, 0.2) is 0 Å². The molecule has 2 aromatic carbocycles. The first-order chi connectivity index (χ1) is 13.8. The van der Waals surface area contributed by atoms with Crippen molar-refractivity contribution in [3.8, 4) is 11.5 Å². The molecule has 1 aliphatic rings. The van der Waals surface area contributed by atoms with Crippen LogP contribution in [0.3, 0.4) is 0 Å². The van der Waals surface area contributed by atoms with Crippen LogP contribution in [-0.2, 0) is 17.6 Å². The molecule has 0 saturated carbocycles. The molecule has 5 heteroatoms. The van der Waals surface area contributed by atoms with Crippen LogP contribution in [0.4, 0.5) is 0 Å². The highest BCUT2D eigenvalue weighted by atomic mass is 16.4. The number of piperidine rings is 1. The van der Waals surface area contributed by atoms with Crippen molar-refractivity contribution in [2.75, 3.05) is 13.1 Å². The van der Waals surface area contributed by atoms with Gasteiger partial charge < -0.3 is 9.32 Å². The summed E-state index contributed by atoms with van der Waals surface area (Å²) in [7, 11) is 0. The molecule has 0 N–H and O–H groups in total. The Labute approximate surface area is 165 Å². The maximum atomic E-state index is 12.5. The summed E-state index contributed by atoms with van der Waals surface area (Å²) in [5, 5.41) is 8.17. The summed E-state index contributed by atoms with van der Waals surface area (Å²) >= 11 is 0. The lowest BCUT2D eigenvalue weighted by Crippen LogP contribution is -2.39. The standard InChI is InChI=1S/C23H25N3O2/c27-22(12-11-21-24-25-23(28-21)20-9-5-2-6-10-20)26-15-13-19(14-16-26)17-18-7-3-1-4-8-18/h1-10,19H,11-17H2. The number of benzene rings is 2. The van der Waals surface area contributed by atoms with Crippen molar-refractivity contribution in [1.82, 2.24) is 15.1 Å². The van der Waals surface area contributed by atoms with E-state index in [-0.39, 0.29) is 5.91 Å². The number of nitrogens with zero attached hydrogens (tertiary/aromatic N) is 3. The molecule has 0 spiro atoms. The van der Waals surface area contributed by atoms with E-state index >= 15 is 0 Å². The van der Waals surface area contributed by atoms with Gasteiger partial charge in [-0.1, -0.05) is 48.5 Å². The second-order valence-electron chi connectivity index (χ2n) is 7.38. The maximum Gasteiger partial charge on any atom is 0.247 e. The normalized spacial score (nSPS) is 14.9. The molecule has 4 rings (SSSR count). The minimum absolute atomic E-state index is 0.178. The van der Waals surface area contributed by atoms with Crippen molar-refractivity contribution in [3.63, 3.8) is 0 Å². The molecule has 3 aromatic rings. The Morgan fingerprint density at radius 2 is 1.64 bits per heavy atom. The van der Waals surface area contributed by atoms with E-state index in [9.17, 15) is 4.79 Å². The fraction of sp³-hybridized carbons (Fsp3) is 0.348. The predicted octanol–water partition coefficient (Wildman–Crippen LogP) is 4.15. The zero-order valence-electron chi connectivity index (χ0n) is 16.0. The summed E-state index contributed by atoms with van der Waals surface area (Å²) in [4.78, 5) is 14.5. The van der Waals surface area contributed by atoms with Gasteiger partial charge in [0, 0.05) is 31.5 Å². The van der Waals surface area contributed by atoms with Gasteiger partial charge in [-0.05, 0) is 42.9 Å². The molecule has 1 saturated heterocycles. The second kappa shape index (κ2) is 8.83. The van der Waals surface area contributed by atoms with E-state index in [0.29, 0.717) is 30.5 Å². The molecule has 2 heterocycles. The fourth-order valence-electron chi connectivity index (χ4n) is 3.76. The molecule has 1 fully saturated rings. The van der Waals surface area contributed by atoms with E-state index in [4.69, 9.17) is 4.42 Å². The molecule has 1 amide bonds. The Morgan fingerprint density at radius 1 is 0.964 bits per heavy atom. The summed E-state index contributed by atoms with van der Waals surface area (Å²) < 4.78 is 5.70. The number of aromatic nitrogens is 2. The highest BCUT2D eigenvalue weighted by molar-refractivity contribution is 5.76. The highest BCUT2D eigenvalue weighted by Gasteiger charge is 2.23. The van der Waals surface area contributed by atoms with Gasteiger partial charge in [-0.25, -0.2) is 0 Å². The Morgan fingerprint density at radius 3 is 2.36 bits per heavy atom. The van der Waals surface area contributed by atoms with Crippen molar-refractivity contribution >= 4 is 5.91 Å². The minimum atomic E-state index is 0.178. The summed E-state index contributed by atoms with van der Waals surface area (Å²) in [5.41, 5.74) is 2.28. The lowest BCUT2D eigenvalue weighted by atomic mass is 9.90. The van der Waals surface area contributed by atoms with E-state index in [1.54, 1.807) is 0 Å². The average molecular weight is 375 g/mol. The summed E-state index contributed by atoms with van der Waals surface area (Å²) in [6.45, 7) is 1.69. The van der Waals surface area contributed by atoms with E-state index in [2.05, 4.69) is 40.5 Å². The van der Waals surface area contributed by atoms with Crippen molar-refractivity contribution in [3.05, 3.63) is 72.1 Å². The van der Waals surface area contributed by atoms with Crippen molar-refractivity contribution in [2.45, 2.75) is 32.1 Å². The van der Waals surface area contributed by atoms with E-state index in [1.807, 2.05) is 35.2 Å². The van der Waals surface area contributed by atoms with Gasteiger partial charge >= 0.3 is 0 Å². The fourth-order valence-corrected chi connectivity index (χ4v) is 3.76. The Balaban J connectivity index is 1.23. The summed E-state index contributed by atoms with van der Waals surface area (Å²) in [6.07, 6.45) is 4.15. The molecule has 0 unspecified atom stereocenters. The molecular formula is C23H25N3O2. The van der Waals surface area contributed by atoms with Crippen LogP contribution in [-0.4, -0.2) is 34.1 Å². The van der Waals surface area contributed by atoms with E-state index in [1.165, 1.54) is 5.56 Å². The number of carbonyl (C=O) groups is 1. The van der Waals surface area contributed by atoms with Crippen molar-refractivity contribution in [2.24, 2.45) is 5.92 Å². The molecule has 0 bridgehead atoms. The van der Waals surface area contributed by atoms with Crippen LogP contribution in [0.1, 0.15) is 30.7 Å². The van der Waals surface area contributed by atoms with Crippen LogP contribution < -0.4 is 0 Å². The summed E-state index contributed by atoms with van der Waals surface area (Å²) in [5.74, 6) is 1.87. The molecule has 1 aliphatic heterocycles. The third-order valence-corrected chi connectivity index (χ3v) is 5.37. The van der Waals surface area contributed by atoms with Crippen LogP contribution >= 0.6 is 0 Å². The zero-order valence-corrected chi connectivity index (χ0v) is 16.0. The number of hydrogen-bond donors (Lipinski definition) is 0. The third-order valence-electron chi connectivity index (χ3n) is 5.37. The third kappa shape index (κ3) is 4.66. The summed E-state index contributed by atoms with van der Waals surface area (Å²) in [6, 6.07) is 20.3. The molecule has 1 aromatic heterocycles. The average Bonchev–Trinajstić information content (AvgIpc) is 3.23. The molecular weight excluding hydrogens is 350 g/mol. The number of aryl methyl sites for hydroxylation is 1. The van der Waals surface area contributed by atoms with E-state index < -0.39 is 0 Å². The van der Waals surface area contributed by atoms with Crippen LogP contribution in [0.2, 0.25) is 0 Å². The van der Waals surface area contributed by atoms with Gasteiger partial charge in [0.25, 0.3) is 0 Å².